The first-order valence-corrected chi connectivity index (χ1v) is 7.81. The van der Waals surface area contributed by atoms with E-state index in [0.717, 1.165) is 11.7 Å². The van der Waals surface area contributed by atoms with Gasteiger partial charge in [0.1, 0.15) is 5.75 Å². The Kier molecular flexibility index (Phi) is 5.44. The van der Waals surface area contributed by atoms with Crippen molar-refractivity contribution in [1.29, 1.82) is 0 Å². The molecule has 0 bridgehead atoms. The number of hydrogen-bond acceptors (Lipinski definition) is 3. The number of nitrogens with two attached hydrogens (primary N) is 1. The molecule has 1 aromatic carbocycles. The summed E-state index contributed by atoms with van der Waals surface area (Å²) in [4.78, 5) is 0. The van der Waals surface area contributed by atoms with Crippen LogP contribution in [0.5, 0.6) is 5.75 Å². The van der Waals surface area contributed by atoms with Crippen LogP contribution in [-0.4, -0.2) is 7.11 Å². The Morgan fingerprint density at radius 1 is 1.35 bits per heavy atom. The fourth-order valence-electron chi connectivity index (χ4n) is 3.70. The van der Waals surface area contributed by atoms with E-state index in [4.69, 9.17) is 10.6 Å². The van der Waals surface area contributed by atoms with Crippen molar-refractivity contribution in [3.05, 3.63) is 29.3 Å². The van der Waals surface area contributed by atoms with Crippen LogP contribution in [0.4, 0.5) is 0 Å². The molecule has 3 heteroatoms. The number of benzene rings is 1. The Morgan fingerprint density at radius 2 is 2.10 bits per heavy atom. The monoisotopic (exact) mass is 276 g/mol. The summed E-state index contributed by atoms with van der Waals surface area (Å²) in [6.07, 6.45) is 6.49. The maximum absolute atomic E-state index is 5.91. The molecule has 0 heterocycles. The van der Waals surface area contributed by atoms with Crippen molar-refractivity contribution >= 4 is 0 Å². The zero-order valence-electron chi connectivity index (χ0n) is 13.0. The third-order valence-corrected chi connectivity index (χ3v) is 4.82. The zero-order chi connectivity index (χ0) is 14.5. The van der Waals surface area contributed by atoms with Crippen LogP contribution in [0.25, 0.3) is 0 Å². The predicted molar refractivity (Wildman–Crippen MR) is 83.5 cm³/mol. The van der Waals surface area contributed by atoms with Gasteiger partial charge in [0.05, 0.1) is 13.2 Å². The van der Waals surface area contributed by atoms with Crippen LogP contribution in [0.1, 0.15) is 56.2 Å². The van der Waals surface area contributed by atoms with Gasteiger partial charge in [0, 0.05) is 5.56 Å². The molecule has 3 N–H and O–H groups in total. The van der Waals surface area contributed by atoms with E-state index in [1.807, 2.05) is 0 Å². The van der Waals surface area contributed by atoms with Gasteiger partial charge in [-0.25, -0.2) is 0 Å². The first-order chi connectivity index (χ1) is 9.71. The van der Waals surface area contributed by atoms with Crippen LogP contribution in [0.15, 0.2) is 18.2 Å². The summed E-state index contributed by atoms with van der Waals surface area (Å²) in [5.74, 6) is 8.23. The summed E-state index contributed by atoms with van der Waals surface area (Å²) in [6.45, 7) is 4.38. The number of methoxy groups -OCH3 is 1. The Labute approximate surface area is 122 Å². The highest BCUT2D eigenvalue weighted by Crippen LogP contribution is 2.42. The minimum absolute atomic E-state index is 0.191. The molecule has 1 aromatic rings. The number of nitrogens with one attached hydrogen (secondary N) is 1. The van der Waals surface area contributed by atoms with Gasteiger partial charge in [-0.1, -0.05) is 44.7 Å². The van der Waals surface area contributed by atoms with Crippen LogP contribution in [0, 0.1) is 18.8 Å². The van der Waals surface area contributed by atoms with E-state index in [2.05, 4.69) is 37.5 Å². The lowest BCUT2D eigenvalue weighted by Crippen LogP contribution is -2.38. The molecular weight excluding hydrogens is 248 g/mol. The largest absolute Gasteiger partial charge is 0.496 e. The number of hydrazine groups is 1. The van der Waals surface area contributed by atoms with Crippen LogP contribution in [0.2, 0.25) is 0 Å². The third-order valence-electron chi connectivity index (χ3n) is 4.82. The van der Waals surface area contributed by atoms with E-state index < -0.39 is 0 Å². The van der Waals surface area contributed by atoms with Gasteiger partial charge in [0.2, 0.25) is 0 Å². The van der Waals surface area contributed by atoms with Crippen molar-refractivity contribution < 1.29 is 4.74 Å². The average molecular weight is 276 g/mol. The van der Waals surface area contributed by atoms with E-state index in [1.54, 1.807) is 7.11 Å². The minimum atomic E-state index is 0.191. The summed E-state index contributed by atoms with van der Waals surface area (Å²) >= 11 is 0. The molecule has 20 heavy (non-hydrogen) atoms. The Hall–Kier alpha value is -1.06. The molecule has 2 rings (SSSR count). The SMILES string of the molecule is CCC1CCCCC1C(NN)c1ccc(C)cc1OC. The molecular formula is C17H28N2O. The molecule has 1 fully saturated rings. The summed E-state index contributed by atoms with van der Waals surface area (Å²) < 4.78 is 5.57. The van der Waals surface area contributed by atoms with Gasteiger partial charge in [-0.05, 0) is 36.8 Å². The number of rotatable bonds is 5. The second kappa shape index (κ2) is 7.09. The maximum Gasteiger partial charge on any atom is 0.123 e. The van der Waals surface area contributed by atoms with Crippen molar-refractivity contribution in [2.45, 2.75) is 52.0 Å². The summed E-state index contributed by atoms with van der Waals surface area (Å²) in [5.41, 5.74) is 5.49. The highest BCUT2D eigenvalue weighted by molar-refractivity contribution is 5.39. The van der Waals surface area contributed by atoms with Gasteiger partial charge < -0.3 is 4.74 Å². The quantitative estimate of drug-likeness (QED) is 0.636. The number of hydrogen-bond donors (Lipinski definition) is 2. The average Bonchev–Trinajstić information content (AvgIpc) is 2.49. The lowest BCUT2D eigenvalue weighted by molar-refractivity contribution is 0.174. The van der Waals surface area contributed by atoms with E-state index in [9.17, 15) is 0 Å². The molecule has 3 atom stereocenters. The van der Waals surface area contributed by atoms with E-state index >= 15 is 0 Å². The molecule has 1 aliphatic carbocycles. The van der Waals surface area contributed by atoms with Gasteiger partial charge in [0.25, 0.3) is 0 Å². The lowest BCUT2D eigenvalue weighted by atomic mass is 9.72. The van der Waals surface area contributed by atoms with Crippen LogP contribution < -0.4 is 16.0 Å². The molecule has 1 aliphatic rings. The van der Waals surface area contributed by atoms with Crippen molar-refractivity contribution in [1.82, 2.24) is 5.43 Å². The first kappa shape index (κ1) is 15.3. The Balaban J connectivity index is 2.31. The smallest absolute Gasteiger partial charge is 0.123 e. The molecule has 0 radical (unpaired) electrons. The molecule has 3 nitrogen and oxygen atoms in total. The summed E-state index contributed by atoms with van der Waals surface area (Å²) in [5, 5.41) is 0. The molecule has 0 saturated heterocycles. The Morgan fingerprint density at radius 3 is 2.75 bits per heavy atom. The van der Waals surface area contributed by atoms with E-state index in [0.29, 0.717) is 5.92 Å². The van der Waals surface area contributed by atoms with Gasteiger partial charge >= 0.3 is 0 Å². The van der Waals surface area contributed by atoms with Crippen molar-refractivity contribution in [2.24, 2.45) is 17.7 Å². The topological polar surface area (TPSA) is 47.3 Å². The molecule has 0 amide bonds. The predicted octanol–water partition coefficient (Wildman–Crippen LogP) is 3.72. The number of aryl methyl sites for hydroxylation is 1. The molecule has 1 saturated carbocycles. The molecule has 0 aromatic heterocycles. The summed E-state index contributed by atoms with van der Waals surface area (Å²) in [6, 6.07) is 6.60. The molecule has 0 aliphatic heterocycles. The fraction of sp³-hybridized carbons (Fsp3) is 0.647. The van der Waals surface area contributed by atoms with E-state index in [1.165, 1.54) is 43.2 Å². The van der Waals surface area contributed by atoms with Crippen molar-refractivity contribution in [3.63, 3.8) is 0 Å². The molecule has 112 valence electrons. The van der Waals surface area contributed by atoms with Gasteiger partial charge in [-0.3, -0.25) is 11.3 Å². The second-order valence-corrected chi connectivity index (χ2v) is 6.01. The van der Waals surface area contributed by atoms with Crippen LogP contribution >= 0.6 is 0 Å². The standard InChI is InChI=1S/C17H28N2O/c1-4-13-7-5-6-8-14(13)17(19-18)15-10-9-12(2)11-16(15)20-3/h9-11,13-14,17,19H,4-8,18H2,1-3H3. The third kappa shape index (κ3) is 3.15. The second-order valence-electron chi connectivity index (χ2n) is 6.01. The van der Waals surface area contributed by atoms with E-state index in [-0.39, 0.29) is 6.04 Å². The lowest BCUT2D eigenvalue weighted by Gasteiger charge is -2.37. The molecule has 3 unspecified atom stereocenters. The highest BCUT2D eigenvalue weighted by atomic mass is 16.5. The van der Waals surface area contributed by atoms with Gasteiger partial charge in [-0.2, -0.15) is 0 Å². The van der Waals surface area contributed by atoms with Crippen LogP contribution in [-0.2, 0) is 0 Å². The zero-order valence-corrected chi connectivity index (χ0v) is 13.0. The fourth-order valence-corrected chi connectivity index (χ4v) is 3.70. The first-order valence-electron chi connectivity index (χ1n) is 7.81. The summed E-state index contributed by atoms with van der Waals surface area (Å²) in [7, 11) is 1.74. The Bertz CT molecular complexity index is 433. The highest BCUT2D eigenvalue weighted by Gasteiger charge is 2.32. The molecule has 0 spiro atoms. The number of ether oxygens (including phenoxy) is 1. The van der Waals surface area contributed by atoms with Crippen molar-refractivity contribution in [3.8, 4) is 5.75 Å². The van der Waals surface area contributed by atoms with Gasteiger partial charge in [0.15, 0.2) is 0 Å². The van der Waals surface area contributed by atoms with Crippen LogP contribution in [0.3, 0.4) is 0 Å². The van der Waals surface area contributed by atoms with Crippen molar-refractivity contribution in [2.75, 3.05) is 7.11 Å². The normalized spacial score (nSPS) is 24.4. The minimum Gasteiger partial charge on any atom is -0.496 e. The maximum atomic E-state index is 5.91. The van der Waals surface area contributed by atoms with Gasteiger partial charge in [-0.15, -0.1) is 0 Å².